The quantitative estimate of drug-likeness (QED) is 0.346. The minimum absolute atomic E-state index is 0.141. The molecule has 1 aliphatic heterocycles. The van der Waals surface area contributed by atoms with Crippen molar-refractivity contribution in [2.24, 2.45) is 4.99 Å². The predicted molar refractivity (Wildman–Crippen MR) is 129 cm³/mol. The average molecular weight is 524 g/mol. The molecule has 1 heterocycles. The molecule has 0 unspecified atom stereocenters. The molecule has 2 saturated carbocycles. The van der Waals surface area contributed by atoms with Crippen LogP contribution in [-0.4, -0.2) is 35.2 Å². The Labute approximate surface area is 191 Å². The molecule has 6 heteroatoms. The van der Waals surface area contributed by atoms with Crippen LogP contribution in [-0.2, 0) is 4.79 Å². The number of ether oxygens (including phenoxy) is 1. The highest BCUT2D eigenvalue weighted by molar-refractivity contribution is 14.1. The van der Waals surface area contributed by atoms with Crippen molar-refractivity contribution in [1.29, 1.82) is 0 Å². The number of aliphatic imine (C=N–C) groups is 1. The second kappa shape index (κ2) is 9.86. The van der Waals surface area contributed by atoms with E-state index in [1.165, 1.54) is 38.5 Å². The molecule has 0 spiro atoms. The third-order valence-corrected chi connectivity index (χ3v) is 7.96. The van der Waals surface area contributed by atoms with Crippen molar-refractivity contribution < 1.29 is 9.53 Å². The van der Waals surface area contributed by atoms with E-state index in [4.69, 9.17) is 9.73 Å². The number of hydrogen-bond donors (Lipinski definition) is 0. The zero-order chi connectivity index (χ0) is 20.2. The fourth-order valence-electron chi connectivity index (χ4n) is 4.53. The molecule has 1 aromatic rings. The Hall–Kier alpha value is -1.02. The fourth-order valence-corrected chi connectivity index (χ4v) is 6.40. The van der Waals surface area contributed by atoms with E-state index >= 15 is 0 Å². The van der Waals surface area contributed by atoms with Gasteiger partial charge in [-0.2, -0.15) is 0 Å². The topological polar surface area (TPSA) is 41.9 Å². The minimum atomic E-state index is 0.141. The molecule has 29 heavy (non-hydrogen) atoms. The van der Waals surface area contributed by atoms with Gasteiger partial charge in [0, 0.05) is 6.04 Å². The molecule has 1 aromatic carbocycles. The molecule has 0 radical (unpaired) electrons. The first-order valence-corrected chi connectivity index (χ1v) is 12.7. The summed E-state index contributed by atoms with van der Waals surface area (Å²) in [6, 6.07) is 6.75. The van der Waals surface area contributed by atoms with Crippen LogP contribution in [0.15, 0.2) is 28.1 Å². The Balaban J connectivity index is 1.62. The number of benzene rings is 1. The van der Waals surface area contributed by atoms with E-state index in [0.29, 0.717) is 12.1 Å². The first-order chi connectivity index (χ1) is 14.2. The van der Waals surface area contributed by atoms with Gasteiger partial charge in [0.2, 0.25) is 0 Å². The summed E-state index contributed by atoms with van der Waals surface area (Å²) >= 11 is 3.86. The van der Waals surface area contributed by atoms with Gasteiger partial charge in [-0.25, -0.2) is 0 Å². The molecule has 0 aromatic heterocycles. The van der Waals surface area contributed by atoms with E-state index in [0.717, 1.165) is 50.6 Å². The van der Waals surface area contributed by atoms with E-state index in [2.05, 4.69) is 28.7 Å². The maximum absolute atomic E-state index is 13.4. The van der Waals surface area contributed by atoms with Crippen LogP contribution >= 0.6 is 34.4 Å². The van der Waals surface area contributed by atoms with E-state index in [-0.39, 0.29) is 5.91 Å². The smallest absolute Gasteiger partial charge is 0.266 e. The maximum Gasteiger partial charge on any atom is 0.266 e. The minimum Gasteiger partial charge on any atom is -0.496 e. The van der Waals surface area contributed by atoms with Gasteiger partial charge < -0.3 is 4.74 Å². The van der Waals surface area contributed by atoms with Gasteiger partial charge in [0.1, 0.15) is 5.75 Å². The van der Waals surface area contributed by atoms with Gasteiger partial charge in [-0.1, -0.05) is 44.6 Å². The van der Waals surface area contributed by atoms with Gasteiger partial charge in [-0.15, -0.1) is 0 Å². The predicted octanol–water partition coefficient (Wildman–Crippen LogP) is 6.24. The van der Waals surface area contributed by atoms with Crippen molar-refractivity contribution in [3.63, 3.8) is 0 Å². The molecule has 3 fully saturated rings. The van der Waals surface area contributed by atoms with Crippen LogP contribution in [0, 0.1) is 3.57 Å². The Bertz CT molecular complexity index is 811. The monoisotopic (exact) mass is 524 g/mol. The fraction of sp³-hybridized carbons (Fsp3) is 0.565. The number of hydrogen-bond acceptors (Lipinski definition) is 4. The number of amidine groups is 1. The van der Waals surface area contributed by atoms with Crippen LogP contribution in [0.25, 0.3) is 6.08 Å². The second-order valence-electron chi connectivity index (χ2n) is 8.18. The summed E-state index contributed by atoms with van der Waals surface area (Å²) in [5, 5.41) is 0.947. The number of amides is 1. The summed E-state index contributed by atoms with van der Waals surface area (Å²) in [5.74, 6) is 1.00. The van der Waals surface area contributed by atoms with Gasteiger partial charge >= 0.3 is 0 Å². The third-order valence-electron chi connectivity index (χ3n) is 6.12. The molecule has 3 aliphatic rings. The van der Waals surface area contributed by atoms with Gasteiger partial charge in [-0.05, 0) is 83.8 Å². The van der Waals surface area contributed by atoms with E-state index in [1.54, 1.807) is 18.9 Å². The van der Waals surface area contributed by atoms with Crippen LogP contribution in [0.3, 0.4) is 0 Å². The molecule has 0 N–H and O–H groups in total. The normalized spacial score (nSPS) is 24.6. The first-order valence-electron chi connectivity index (χ1n) is 10.8. The van der Waals surface area contributed by atoms with Crippen molar-refractivity contribution in [1.82, 2.24) is 4.90 Å². The lowest BCUT2D eigenvalue weighted by Gasteiger charge is -2.31. The van der Waals surface area contributed by atoms with Crippen molar-refractivity contribution in [2.75, 3.05) is 7.11 Å². The first kappa shape index (κ1) is 21.2. The molecular formula is C23H29IN2O2S. The lowest BCUT2D eigenvalue weighted by Crippen LogP contribution is -2.41. The second-order valence-corrected chi connectivity index (χ2v) is 10.3. The summed E-state index contributed by atoms with van der Waals surface area (Å²) < 4.78 is 6.41. The number of carbonyl (C=O) groups excluding carboxylic acids is 1. The molecular weight excluding hydrogens is 495 g/mol. The average Bonchev–Trinajstić information content (AvgIpc) is 3.04. The summed E-state index contributed by atoms with van der Waals surface area (Å²) in [5.41, 5.74) is 1.04. The zero-order valence-corrected chi connectivity index (χ0v) is 20.0. The summed E-state index contributed by atoms with van der Waals surface area (Å²) in [6.07, 6.45) is 14.1. The Kier molecular flexibility index (Phi) is 7.21. The largest absolute Gasteiger partial charge is 0.496 e. The van der Waals surface area contributed by atoms with Gasteiger partial charge in [0.05, 0.1) is 21.6 Å². The highest BCUT2D eigenvalue weighted by atomic mass is 127. The lowest BCUT2D eigenvalue weighted by atomic mass is 9.94. The molecule has 156 valence electrons. The van der Waals surface area contributed by atoms with Crippen molar-refractivity contribution >= 4 is 51.5 Å². The van der Waals surface area contributed by atoms with Crippen molar-refractivity contribution in [2.45, 2.75) is 76.3 Å². The van der Waals surface area contributed by atoms with Crippen molar-refractivity contribution in [3.8, 4) is 5.75 Å². The van der Waals surface area contributed by atoms with Crippen LogP contribution in [0.4, 0.5) is 0 Å². The van der Waals surface area contributed by atoms with E-state index < -0.39 is 0 Å². The zero-order valence-electron chi connectivity index (χ0n) is 17.0. The number of rotatable bonds is 4. The molecule has 1 amide bonds. The number of carbonyl (C=O) groups is 1. The Morgan fingerprint density at radius 1 is 1.10 bits per heavy atom. The van der Waals surface area contributed by atoms with E-state index in [9.17, 15) is 4.79 Å². The van der Waals surface area contributed by atoms with Gasteiger partial charge in [-0.3, -0.25) is 14.7 Å². The van der Waals surface area contributed by atoms with Crippen LogP contribution in [0.5, 0.6) is 5.75 Å². The number of thioether (sulfide) groups is 1. The van der Waals surface area contributed by atoms with Crippen molar-refractivity contribution in [3.05, 3.63) is 32.2 Å². The third kappa shape index (κ3) is 5.01. The summed E-state index contributed by atoms with van der Waals surface area (Å²) in [4.78, 5) is 21.3. The number of halogens is 1. The number of methoxy groups -OCH3 is 1. The van der Waals surface area contributed by atoms with Crippen LogP contribution in [0.1, 0.15) is 69.8 Å². The summed E-state index contributed by atoms with van der Waals surface area (Å²) in [6.45, 7) is 0. The highest BCUT2D eigenvalue weighted by Crippen LogP contribution is 2.38. The highest BCUT2D eigenvalue weighted by Gasteiger charge is 2.39. The molecule has 4 nitrogen and oxygen atoms in total. The maximum atomic E-state index is 13.4. The summed E-state index contributed by atoms with van der Waals surface area (Å²) in [7, 11) is 1.68. The molecule has 0 bridgehead atoms. The van der Waals surface area contributed by atoms with Gasteiger partial charge in [0.15, 0.2) is 5.17 Å². The standard InChI is InChI=1S/C23H29IN2O2S/c1-28-20-13-12-16(14-19(20)24)15-21-22(27)26(18-10-6-3-7-11-18)23(29-21)25-17-8-4-2-5-9-17/h12-15,17-18H,2-11H2,1H3. The molecule has 2 aliphatic carbocycles. The van der Waals surface area contributed by atoms with Crippen LogP contribution in [0.2, 0.25) is 0 Å². The molecule has 1 saturated heterocycles. The van der Waals surface area contributed by atoms with Gasteiger partial charge in [0.25, 0.3) is 5.91 Å². The van der Waals surface area contributed by atoms with E-state index in [1.807, 2.05) is 23.1 Å². The Morgan fingerprint density at radius 3 is 2.45 bits per heavy atom. The lowest BCUT2D eigenvalue weighted by molar-refractivity contribution is -0.124. The Morgan fingerprint density at radius 2 is 1.79 bits per heavy atom. The SMILES string of the molecule is COc1ccc(C=C2SC(=NC3CCCCC3)N(C3CCCCC3)C2=O)cc1I. The van der Waals surface area contributed by atoms with Crippen LogP contribution < -0.4 is 4.74 Å². The number of nitrogens with zero attached hydrogens (tertiary/aromatic N) is 2. The molecule has 0 atom stereocenters. The molecule has 4 rings (SSSR count).